The molecule has 25 heavy (non-hydrogen) atoms. The van der Waals surface area contributed by atoms with Gasteiger partial charge in [0, 0.05) is 22.0 Å². The van der Waals surface area contributed by atoms with Gasteiger partial charge in [-0.2, -0.15) is 0 Å². The van der Waals surface area contributed by atoms with Crippen molar-refractivity contribution >= 4 is 23.0 Å². The van der Waals surface area contributed by atoms with Crippen molar-refractivity contribution in [2.24, 2.45) is 0 Å². The molecule has 4 rings (SSSR count). The van der Waals surface area contributed by atoms with Gasteiger partial charge >= 0.3 is 5.97 Å². The molecule has 0 saturated carbocycles. The molecule has 0 atom stereocenters. The van der Waals surface area contributed by atoms with Crippen molar-refractivity contribution < 1.29 is 9.53 Å². The van der Waals surface area contributed by atoms with Crippen LogP contribution in [0.1, 0.15) is 45.0 Å². The molecule has 0 spiro atoms. The number of hydrogen-bond acceptors (Lipinski definition) is 5. The minimum atomic E-state index is -0.328. The number of thiophene rings is 1. The third-order valence-electron chi connectivity index (χ3n) is 4.57. The van der Waals surface area contributed by atoms with Gasteiger partial charge < -0.3 is 4.74 Å². The summed E-state index contributed by atoms with van der Waals surface area (Å²) in [6, 6.07) is 6.91. The van der Waals surface area contributed by atoms with E-state index >= 15 is 0 Å². The Kier molecular flexibility index (Phi) is 4.13. The summed E-state index contributed by atoms with van der Waals surface area (Å²) in [5.41, 5.74) is 3.50. The number of rotatable bonds is 3. The van der Waals surface area contributed by atoms with E-state index in [1.807, 2.05) is 24.4 Å². The van der Waals surface area contributed by atoms with E-state index in [2.05, 4.69) is 4.98 Å². The lowest BCUT2D eigenvalue weighted by atomic mass is 9.96. The first-order chi connectivity index (χ1) is 12.1. The summed E-state index contributed by atoms with van der Waals surface area (Å²) in [5, 5.41) is 1.89. The topological polar surface area (TPSA) is 60.7 Å². The molecule has 0 aromatic carbocycles. The lowest BCUT2D eigenvalue weighted by Crippen LogP contribution is -2.18. The zero-order valence-corrected chi connectivity index (χ0v) is 14.8. The molecule has 3 aromatic heterocycles. The smallest absolute Gasteiger partial charge is 0.339 e. The van der Waals surface area contributed by atoms with Crippen LogP contribution in [0.25, 0.3) is 5.65 Å². The number of aryl methyl sites for hydroxylation is 2. The molecular weight excluding hydrogens is 336 g/mol. The Labute approximate surface area is 148 Å². The number of esters is 1. The van der Waals surface area contributed by atoms with Gasteiger partial charge in [-0.3, -0.25) is 9.20 Å². The second-order valence-electron chi connectivity index (χ2n) is 6.28. The maximum Gasteiger partial charge on any atom is 0.339 e. The second-order valence-corrected chi connectivity index (χ2v) is 7.25. The predicted octanol–water partition coefficient (Wildman–Crippen LogP) is 3.30. The first kappa shape index (κ1) is 16.0. The molecule has 0 bridgehead atoms. The second kappa shape index (κ2) is 6.44. The molecule has 0 radical (unpaired) electrons. The Hall–Kier alpha value is -2.47. The molecule has 1 aliphatic carbocycles. The van der Waals surface area contributed by atoms with E-state index in [1.165, 1.54) is 17.4 Å². The van der Waals surface area contributed by atoms with Crippen LogP contribution in [0.2, 0.25) is 0 Å². The van der Waals surface area contributed by atoms with Gasteiger partial charge in [0.05, 0.1) is 11.3 Å². The zero-order chi connectivity index (χ0) is 17.4. The highest BCUT2D eigenvalue weighted by Crippen LogP contribution is 2.30. The van der Waals surface area contributed by atoms with Crippen molar-refractivity contribution in [2.45, 2.75) is 39.2 Å². The highest BCUT2D eigenvalue weighted by molar-refractivity contribution is 7.10. The summed E-state index contributed by atoms with van der Waals surface area (Å²) in [6.45, 7) is 1.86. The van der Waals surface area contributed by atoms with E-state index in [1.54, 1.807) is 21.8 Å². The standard InChI is InChI=1S/C19H18N2O3S/c1-12-5-4-8-17-20-13(9-18(22)21(12)17)10-24-19(23)15-11-25-16-7-3-2-6-14(15)16/h4-5,8-9,11H,2-3,6-7,10H2,1H3. The third-order valence-corrected chi connectivity index (χ3v) is 5.65. The zero-order valence-electron chi connectivity index (χ0n) is 13.9. The van der Waals surface area contributed by atoms with Crippen molar-refractivity contribution in [3.05, 3.63) is 67.4 Å². The summed E-state index contributed by atoms with van der Waals surface area (Å²) in [4.78, 5) is 30.4. The molecule has 0 aliphatic heterocycles. The van der Waals surface area contributed by atoms with E-state index in [-0.39, 0.29) is 18.1 Å². The highest BCUT2D eigenvalue weighted by Gasteiger charge is 2.21. The van der Waals surface area contributed by atoms with Gasteiger partial charge in [-0.25, -0.2) is 9.78 Å². The monoisotopic (exact) mass is 354 g/mol. The molecule has 5 nitrogen and oxygen atoms in total. The molecule has 0 N–H and O–H groups in total. The lowest BCUT2D eigenvalue weighted by Gasteiger charge is -2.12. The molecule has 6 heteroatoms. The summed E-state index contributed by atoms with van der Waals surface area (Å²) < 4.78 is 6.97. The average molecular weight is 354 g/mol. The largest absolute Gasteiger partial charge is 0.456 e. The van der Waals surface area contributed by atoms with Crippen molar-refractivity contribution in [1.82, 2.24) is 9.38 Å². The number of pyridine rings is 1. The lowest BCUT2D eigenvalue weighted by molar-refractivity contribution is 0.0467. The Bertz CT molecular complexity index is 1020. The van der Waals surface area contributed by atoms with Gasteiger partial charge in [0.1, 0.15) is 12.3 Å². The van der Waals surface area contributed by atoms with E-state index < -0.39 is 0 Å². The molecule has 128 valence electrons. The van der Waals surface area contributed by atoms with E-state index in [4.69, 9.17) is 4.74 Å². The molecule has 1 aliphatic rings. The Morgan fingerprint density at radius 2 is 2.16 bits per heavy atom. The van der Waals surface area contributed by atoms with E-state index in [0.29, 0.717) is 16.9 Å². The fourth-order valence-electron chi connectivity index (χ4n) is 3.32. The number of carbonyl (C=O) groups is 1. The average Bonchev–Trinajstić information content (AvgIpc) is 3.03. The van der Waals surface area contributed by atoms with Crippen LogP contribution in [0, 0.1) is 6.92 Å². The summed E-state index contributed by atoms with van der Waals surface area (Å²) in [6.07, 6.45) is 4.30. The number of aromatic nitrogens is 2. The van der Waals surface area contributed by atoms with Gasteiger partial charge in [-0.15, -0.1) is 11.3 Å². The third kappa shape index (κ3) is 2.98. The quantitative estimate of drug-likeness (QED) is 0.677. The van der Waals surface area contributed by atoms with Crippen molar-refractivity contribution in [1.29, 1.82) is 0 Å². The maximum absolute atomic E-state index is 12.4. The van der Waals surface area contributed by atoms with E-state index in [9.17, 15) is 9.59 Å². The summed E-state index contributed by atoms with van der Waals surface area (Å²) in [7, 11) is 0. The fourth-order valence-corrected chi connectivity index (χ4v) is 4.43. The fraction of sp³-hybridized carbons (Fsp3) is 0.316. The minimum absolute atomic E-state index is 0.00311. The molecule has 0 unspecified atom stereocenters. The van der Waals surface area contributed by atoms with Crippen LogP contribution < -0.4 is 5.56 Å². The first-order valence-corrected chi connectivity index (χ1v) is 9.26. The molecule has 0 amide bonds. The maximum atomic E-state index is 12.4. The van der Waals surface area contributed by atoms with Crippen LogP contribution in [0.4, 0.5) is 0 Å². The van der Waals surface area contributed by atoms with Crippen LogP contribution in [0.15, 0.2) is 34.4 Å². The van der Waals surface area contributed by atoms with Crippen LogP contribution in [-0.2, 0) is 24.2 Å². The van der Waals surface area contributed by atoms with Crippen molar-refractivity contribution in [3.8, 4) is 0 Å². The Balaban J connectivity index is 1.55. The van der Waals surface area contributed by atoms with Gasteiger partial charge in [-0.05, 0) is 50.3 Å². The first-order valence-electron chi connectivity index (χ1n) is 8.38. The summed E-state index contributed by atoms with van der Waals surface area (Å²) >= 11 is 1.64. The number of fused-ring (bicyclic) bond motifs is 2. The van der Waals surface area contributed by atoms with Crippen LogP contribution in [0.3, 0.4) is 0 Å². The number of carbonyl (C=O) groups excluding carboxylic acids is 1. The number of hydrogen-bond donors (Lipinski definition) is 0. The minimum Gasteiger partial charge on any atom is -0.456 e. The highest BCUT2D eigenvalue weighted by atomic mass is 32.1. The van der Waals surface area contributed by atoms with Crippen LogP contribution in [-0.4, -0.2) is 15.4 Å². The molecule has 0 saturated heterocycles. The van der Waals surface area contributed by atoms with Crippen molar-refractivity contribution in [3.63, 3.8) is 0 Å². The Morgan fingerprint density at radius 3 is 3.04 bits per heavy atom. The normalized spacial score (nSPS) is 13.6. The van der Waals surface area contributed by atoms with E-state index in [0.717, 1.165) is 30.5 Å². The van der Waals surface area contributed by atoms with Gasteiger partial charge in [-0.1, -0.05) is 6.07 Å². The SMILES string of the molecule is Cc1cccc2nc(COC(=O)c3csc4c3CCCC4)cc(=O)n12. The van der Waals surface area contributed by atoms with Crippen LogP contribution >= 0.6 is 11.3 Å². The molecule has 0 fully saturated rings. The Morgan fingerprint density at radius 1 is 1.32 bits per heavy atom. The van der Waals surface area contributed by atoms with Gasteiger partial charge in [0.2, 0.25) is 0 Å². The van der Waals surface area contributed by atoms with Gasteiger partial charge in [0.25, 0.3) is 5.56 Å². The van der Waals surface area contributed by atoms with Crippen LogP contribution in [0.5, 0.6) is 0 Å². The molecular formula is C19H18N2O3S. The summed E-state index contributed by atoms with van der Waals surface area (Å²) in [5.74, 6) is -0.328. The molecule has 3 aromatic rings. The predicted molar refractivity (Wildman–Crippen MR) is 96.3 cm³/mol. The van der Waals surface area contributed by atoms with Crippen molar-refractivity contribution in [2.75, 3.05) is 0 Å². The molecule has 3 heterocycles. The van der Waals surface area contributed by atoms with Gasteiger partial charge in [0.15, 0.2) is 0 Å². The number of ether oxygens (including phenoxy) is 1. The number of nitrogens with zero attached hydrogens (tertiary/aromatic N) is 2.